The van der Waals surface area contributed by atoms with Crippen LogP contribution in [0.3, 0.4) is 0 Å². The van der Waals surface area contributed by atoms with Crippen LogP contribution in [0.1, 0.15) is 44.5 Å². The highest BCUT2D eigenvalue weighted by atomic mass is 16.5. The number of carbonyl (C=O) groups excluding carboxylic acids is 1. The smallest absolute Gasteiger partial charge is 0.308 e. The molecule has 1 aromatic rings. The first kappa shape index (κ1) is 20.9. The van der Waals surface area contributed by atoms with Crippen LogP contribution in [0.15, 0.2) is 12.1 Å². The molecule has 0 radical (unpaired) electrons. The Morgan fingerprint density at radius 3 is 2.07 bits per heavy atom. The van der Waals surface area contributed by atoms with E-state index in [-0.39, 0.29) is 18.4 Å². The van der Waals surface area contributed by atoms with Gasteiger partial charge >= 0.3 is 5.97 Å². The van der Waals surface area contributed by atoms with Gasteiger partial charge < -0.3 is 24.2 Å². The molecule has 7 nitrogen and oxygen atoms in total. The van der Waals surface area contributed by atoms with Gasteiger partial charge in [0.15, 0.2) is 11.5 Å². The second-order valence-electron chi connectivity index (χ2n) is 6.69. The van der Waals surface area contributed by atoms with Crippen molar-refractivity contribution >= 4 is 11.9 Å². The van der Waals surface area contributed by atoms with Crippen LogP contribution >= 0.6 is 0 Å². The summed E-state index contributed by atoms with van der Waals surface area (Å²) in [5, 5.41) is 9.36. The summed E-state index contributed by atoms with van der Waals surface area (Å²) >= 11 is 0. The molecule has 0 aromatic heterocycles. The highest BCUT2D eigenvalue weighted by Crippen LogP contribution is 2.39. The maximum atomic E-state index is 13.1. The highest BCUT2D eigenvalue weighted by Gasteiger charge is 2.33. The number of amides is 1. The largest absolute Gasteiger partial charge is 0.490 e. The summed E-state index contributed by atoms with van der Waals surface area (Å²) in [5.41, 5.74) is 0.406. The molecule has 1 fully saturated rings. The van der Waals surface area contributed by atoms with Crippen molar-refractivity contribution in [3.63, 3.8) is 0 Å². The first-order chi connectivity index (χ1) is 12.9. The van der Waals surface area contributed by atoms with Gasteiger partial charge in [-0.2, -0.15) is 0 Å². The molecule has 0 bridgehead atoms. The first-order valence-corrected chi connectivity index (χ1v) is 9.49. The highest BCUT2D eigenvalue weighted by molar-refractivity contribution is 5.96. The second-order valence-corrected chi connectivity index (χ2v) is 6.69. The van der Waals surface area contributed by atoms with E-state index in [4.69, 9.17) is 14.2 Å². The van der Waals surface area contributed by atoms with E-state index < -0.39 is 11.9 Å². The van der Waals surface area contributed by atoms with Gasteiger partial charge in [-0.15, -0.1) is 0 Å². The number of aliphatic carboxylic acids is 1. The van der Waals surface area contributed by atoms with Crippen molar-refractivity contribution < 1.29 is 28.9 Å². The lowest BCUT2D eigenvalue weighted by atomic mass is 9.90. The lowest BCUT2D eigenvalue weighted by molar-refractivity contribution is -0.143. The predicted octanol–water partition coefficient (Wildman–Crippen LogP) is 3.07. The molecule has 0 aliphatic carbocycles. The van der Waals surface area contributed by atoms with Gasteiger partial charge in [-0.3, -0.25) is 9.59 Å². The Morgan fingerprint density at radius 1 is 1.04 bits per heavy atom. The van der Waals surface area contributed by atoms with E-state index >= 15 is 0 Å². The molecule has 27 heavy (non-hydrogen) atoms. The van der Waals surface area contributed by atoms with Gasteiger partial charge in [0, 0.05) is 18.7 Å². The van der Waals surface area contributed by atoms with Crippen molar-refractivity contribution in [3.8, 4) is 17.2 Å². The number of ether oxygens (including phenoxy) is 3. The Bertz CT molecular complexity index is 647. The SMILES string of the molecule is CCOc1cc(C(=O)N2CC(C)CC(C(=O)O)C2)cc(OCC)c1OCC. The molecule has 2 rings (SSSR count). The lowest BCUT2D eigenvalue weighted by Gasteiger charge is -2.34. The zero-order chi connectivity index (χ0) is 20.0. The van der Waals surface area contributed by atoms with Crippen LogP contribution in [0.25, 0.3) is 0 Å². The van der Waals surface area contributed by atoms with Crippen LogP contribution in [-0.4, -0.2) is 54.8 Å². The fourth-order valence-corrected chi connectivity index (χ4v) is 3.39. The number of carbonyl (C=O) groups is 2. The van der Waals surface area contributed by atoms with Crippen molar-refractivity contribution in [2.24, 2.45) is 11.8 Å². The maximum absolute atomic E-state index is 13.1. The average Bonchev–Trinajstić information content (AvgIpc) is 2.63. The monoisotopic (exact) mass is 379 g/mol. The van der Waals surface area contributed by atoms with Crippen molar-refractivity contribution in [1.29, 1.82) is 0 Å². The molecule has 2 unspecified atom stereocenters. The summed E-state index contributed by atoms with van der Waals surface area (Å²) in [5.74, 6) is -0.119. The summed E-state index contributed by atoms with van der Waals surface area (Å²) in [7, 11) is 0. The van der Waals surface area contributed by atoms with Gasteiger partial charge in [0.05, 0.1) is 25.7 Å². The fourth-order valence-electron chi connectivity index (χ4n) is 3.39. The molecule has 1 heterocycles. The van der Waals surface area contributed by atoms with Gasteiger partial charge in [-0.1, -0.05) is 6.92 Å². The fraction of sp³-hybridized carbons (Fsp3) is 0.600. The number of carboxylic acid groups (broad SMARTS) is 1. The zero-order valence-electron chi connectivity index (χ0n) is 16.5. The Balaban J connectivity index is 2.37. The second kappa shape index (κ2) is 9.48. The molecular formula is C20H29NO6. The minimum atomic E-state index is -0.865. The molecule has 1 aliphatic rings. The lowest BCUT2D eigenvalue weighted by Crippen LogP contribution is -2.45. The van der Waals surface area contributed by atoms with E-state index in [9.17, 15) is 14.7 Å². The summed E-state index contributed by atoms with van der Waals surface area (Å²) in [6.45, 7) is 9.57. The first-order valence-electron chi connectivity index (χ1n) is 9.49. The predicted molar refractivity (Wildman–Crippen MR) is 101 cm³/mol. The summed E-state index contributed by atoms with van der Waals surface area (Å²) < 4.78 is 17.0. The molecule has 150 valence electrons. The van der Waals surface area contributed by atoms with Crippen LogP contribution in [0, 0.1) is 11.8 Å². The number of piperidine rings is 1. The molecule has 1 aliphatic heterocycles. The molecule has 1 N–H and O–H groups in total. The number of hydrogen-bond acceptors (Lipinski definition) is 5. The van der Waals surface area contributed by atoms with Crippen LogP contribution in [-0.2, 0) is 4.79 Å². The number of nitrogens with zero attached hydrogens (tertiary/aromatic N) is 1. The Morgan fingerprint density at radius 2 is 1.59 bits per heavy atom. The topological polar surface area (TPSA) is 85.3 Å². The van der Waals surface area contributed by atoms with E-state index in [1.807, 2.05) is 27.7 Å². The number of hydrogen-bond donors (Lipinski definition) is 1. The number of likely N-dealkylation sites (tertiary alicyclic amines) is 1. The van der Waals surface area contributed by atoms with Crippen molar-refractivity contribution in [1.82, 2.24) is 4.90 Å². The molecule has 1 amide bonds. The average molecular weight is 379 g/mol. The van der Waals surface area contributed by atoms with Crippen LogP contribution in [0.4, 0.5) is 0 Å². The zero-order valence-corrected chi connectivity index (χ0v) is 16.5. The van der Waals surface area contributed by atoms with Gasteiger partial charge in [0.1, 0.15) is 0 Å². The molecule has 2 atom stereocenters. The molecule has 7 heteroatoms. The van der Waals surface area contributed by atoms with E-state index in [2.05, 4.69) is 0 Å². The van der Waals surface area contributed by atoms with Crippen LogP contribution < -0.4 is 14.2 Å². The Kier molecular flexibility index (Phi) is 7.33. The molecular weight excluding hydrogens is 350 g/mol. The molecule has 1 saturated heterocycles. The molecule has 0 saturated carbocycles. The third-order valence-corrected chi connectivity index (χ3v) is 4.45. The normalized spacial score (nSPS) is 19.5. The number of benzene rings is 1. The summed E-state index contributed by atoms with van der Waals surface area (Å²) in [6.07, 6.45) is 0.580. The van der Waals surface area contributed by atoms with Crippen molar-refractivity contribution in [3.05, 3.63) is 17.7 Å². The summed E-state index contributed by atoms with van der Waals surface area (Å²) in [6, 6.07) is 3.29. The van der Waals surface area contributed by atoms with Gasteiger partial charge in [-0.25, -0.2) is 0 Å². The number of carboxylic acids is 1. The maximum Gasteiger partial charge on any atom is 0.308 e. The van der Waals surface area contributed by atoms with E-state index in [1.165, 1.54) is 0 Å². The van der Waals surface area contributed by atoms with Gasteiger partial charge in [-0.05, 0) is 45.2 Å². The van der Waals surface area contributed by atoms with Crippen molar-refractivity contribution in [2.45, 2.75) is 34.1 Å². The Labute approximate surface area is 160 Å². The van der Waals surface area contributed by atoms with Crippen molar-refractivity contribution in [2.75, 3.05) is 32.9 Å². The third kappa shape index (κ3) is 5.05. The third-order valence-electron chi connectivity index (χ3n) is 4.45. The quantitative estimate of drug-likeness (QED) is 0.747. The van der Waals surface area contributed by atoms with Gasteiger partial charge in [0.25, 0.3) is 5.91 Å². The minimum Gasteiger partial charge on any atom is -0.490 e. The van der Waals surface area contributed by atoms with Gasteiger partial charge in [0.2, 0.25) is 5.75 Å². The van der Waals surface area contributed by atoms with E-state index in [0.29, 0.717) is 55.6 Å². The Hall–Kier alpha value is -2.44. The van der Waals surface area contributed by atoms with E-state index in [0.717, 1.165) is 0 Å². The minimum absolute atomic E-state index is 0.129. The molecule has 0 spiro atoms. The number of rotatable bonds is 8. The molecule has 1 aromatic carbocycles. The summed E-state index contributed by atoms with van der Waals surface area (Å²) in [4.78, 5) is 26.1. The van der Waals surface area contributed by atoms with E-state index in [1.54, 1.807) is 17.0 Å². The van der Waals surface area contributed by atoms with Crippen LogP contribution in [0.2, 0.25) is 0 Å². The standard InChI is InChI=1S/C20H29NO6/c1-5-25-16-9-14(10-17(26-6-2)18(16)27-7-3)19(22)21-11-13(4)8-15(12-21)20(23)24/h9-10,13,15H,5-8,11-12H2,1-4H3,(H,23,24). The van der Waals surface area contributed by atoms with Crippen LogP contribution in [0.5, 0.6) is 17.2 Å².